The Kier molecular flexibility index (Phi) is 6.67. The van der Waals surface area contributed by atoms with Crippen molar-refractivity contribution in [3.8, 4) is 11.5 Å². The van der Waals surface area contributed by atoms with Gasteiger partial charge in [0.05, 0.1) is 35.5 Å². The van der Waals surface area contributed by atoms with Crippen molar-refractivity contribution in [2.24, 2.45) is 0 Å². The maximum Gasteiger partial charge on any atom is 0.262 e. The second-order valence-electron chi connectivity index (χ2n) is 6.25. The van der Waals surface area contributed by atoms with Gasteiger partial charge in [-0.2, -0.15) is 0 Å². The molecule has 10 heteroatoms. The number of sulfonamides is 1. The molecule has 3 aromatic rings. The van der Waals surface area contributed by atoms with Crippen LogP contribution in [0.2, 0.25) is 5.02 Å². The molecule has 1 amide bonds. The molecule has 7 nitrogen and oxygen atoms in total. The van der Waals surface area contributed by atoms with Crippen LogP contribution in [0.5, 0.6) is 11.5 Å². The maximum atomic E-state index is 13.4. The van der Waals surface area contributed by atoms with Crippen molar-refractivity contribution in [3.05, 3.63) is 77.1 Å². The highest BCUT2D eigenvalue weighted by Crippen LogP contribution is 2.38. The summed E-state index contributed by atoms with van der Waals surface area (Å²) >= 11 is 5.70. The van der Waals surface area contributed by atoms with E-state index in [0.717, 1.165) is 18.2 Å². The van der Waals surface area contributed by atoms with E-state index < -0.39 is 15.8 Å². The number of anilines is 2. The first-order valence-corrected chi connectivity index (χ1v) is 10.7. The fourth-order valence-electron chi connectivity index (χ4n) is 2.71. The largest absolute Gasteiger partial charge is 0.494 e. The molecule has 3 rings (SSSR count). The first kappa shape index (κ1) is 22.4. The number of rotatable bonds is 7. The van der Waals surface area contributed by atoms with Gasteiger partial charge in [-0.05, 0) is 30.3 Å². The Morgan fingerprint density at radius 2 is 1.55 bits per heavy atom. The van der Waals surface area contributed by atoms with Gasteiger partial charge in [-0.3, -0.25) is 9.52 Å². The summed E-state index contributed by atoms with van der Waals surface area (Å²) < 4.78 is 51.8. The molecular formula is C21H18ClFN2O5S. The highest BCUT2D eigenvalue weighted by Gasteiger charge is 2.21. The molecule has 0 aromatic heterocycles. The summed E-state index contributed by atoms with van der Waals surface area (Å²) in [7, 11) is -1.40. The van der Waals surface area contributed by atoms with E-state index in [-0.39, 0.29) is 38.7 Å². The summed E-state index contributed by atoms with van der Waals surface area (Å²) in [5.41, 5.74) is 0.764. The van der Waals surface area contributed by atoms with Crippen LogP contribution in [0.1, 0.15) is 10.4 Å². The molecule has 0 fully saturated rings. The second kappa shape index (κ2) is 9.23. The number of halogens is 2. The topological polar surface area (TPSA) is 93.7 Å². The van der Waals surface area contributed by atoms with Crippen molar-refractivity contribution >= 4 is 38.9 Å². The molecule has 0 bridgehead atoms. The Morgan fingerprint density at radius 3 is 2.16 bits per heavy atom. The van der Waals surface area contributed by atoms with E-state index in [0.29, 0.717) is 5.56 Å². The van der Waals surface area contributed by atoms with Crippen LogP contribution in [0.15, 0.2) is 65.6 Å². The van der Waals surface area contributed by atoms with Crippen molar-refractivity contribution in [3.63, 3.8) is 0 Å². The molecule has 0 atom stereocenters. The third-order valence-corrected chi connectivity index (χ3v) is 5.90. The number of benzene rings is 3. The Labute approximate surface area is 183 Å². The lowest BCUT2D eigenvalue weighted by molar-refractivity contribution is 0.102. The second-order valence-corrected chi connectivity index (χ2v) is 8.34. The number of nitrogens with one attached hydrogen (secondary N) is 2. The fraction of sp³-hybridized carbons (Fsp3) is 0.0952. The quantitative estimate of drug-likeness (QED) is 0.535. The average Bonchev–Trinajstić information content (AvgIpc) is 2.76. The van der Waals surface area contributed by atoms with E-state index >= 15 is 0 Å². The van der Waals surface area contributed by atoms with Crippen molar-refractivity contribution in [1.29, 1.82) is 0 Å². The number of ether oxygens (including phenoxy) is 2. The van der Waals surface area contributed by atoms with Gasteiger partial charge in [-0.1, -0.05) is 29.8 Å². The predicted octanol–water partition coefficient (Wildman–Crippen LogP) is 4.55. The molecule has 0 heterocycles. The monoisotopic (exact) mass is 464 g/mol. The van der Waals surface area contributed by atoms with Crippen molar-refractivity contribution in [1.82, 2.24) is 0 Å². The number of carbonyl (C=O) groups is 1. The zero-order valence-electron chi connectivity index (χ0n) is 16.5. The average molecular weight is 465 g/mol. The van der Waals surface area contributed by atoms with E-state index in [1.54, 1.807) is 30.3 Å². The normalized spacial score (nSPS) is 11.0. The Morgan fingerprint density at radius 1 is 0.935 bits per heavy atom. The van der Waals surface area contributed by atoms with Gasteiger partial charge < -0.3 is 14.8 Å². The lowest BCUT2D eigenvalue weighted by atomic mass is 10.2. The summed E-state index contributed by atoms with van der Waals surface area (Å²) in [5, 5.41) is 2.38. The minimum Gasteiger partial charge on any atom is -0.494 e. The summed E-state index contributed by atoms with van der Waals surface area (Å²) in [6.45, 7) is 0. The molecule has 0 unspecified atom stereocenters. The molecule has 3 aromatic carbocycles. The molecule has 2 N–H and O–H groups in total. The summed E-state index contributed by atoms with van der Waals surface area (Å²) in [5.74, 6) is -0.797. The van der Waals surface area contributed by atoms with Gasteiger partial charge in [-0.15, -0.1) is 0 Å². The molecule has 0 saturated heterocycles. The number of hydrogen-bond acceptors (Lipinski definition) is 5. The van der Waals surface area contributed by atoms with Gasteiger partial charge in [0.25, 0.3) is 15.9 Å². The van der Waals surface area contributed by atoms with Gasteiger partial charge in [0.2, 0.25) is 0 Å². The molecule has 0 saturated carbocycles. The number of carbonyl (C=O) groups excluding carboxylic acids is 1. The van der Waals surface area contributed by atoms with Gasteiger partial charge in [0, 0.05) is 17.7 Å². The van der Waals surface area contributed by atoms with Crippen LogP contribution in [0.3, 0.4) is 0 Å². The number of amides is 1. The number of hydrogen-bond donors (Lipinski definition) is 2. The van der Waals surface area contributed by atoms with Gasteiger partial charge in [-0.25, -0.2) is 12.8 Å². The van der Waals surface area contributed by atoms with Gasteiger partial charge in [0.1, 0.15) is 17.3 Å². The highest BCUT2D eigenvalue weighted by molar-refractivity contribution is 7.92. The van der Waals surface area contributed by atoms with Gasteiger partial charge >= 0.3 is 0 Å². The Hall–Kier alpha value is -3.30. The first-order valence-electron chi connectivity index (χ1n) is 8.85. The van der Waals surface area contributed by atoms with E-state index in [1.807, 2.05) is 0 Å². The molecular weight excluding hydrogens is 447 g/mol. The molecule has 162 valence electrons. The zero-order chi connectivity index (χ0) is 22.6. The minimum atomic E-state index is -4.11. The Bertz CT molecular complexity index is 1220. The third kappa shape index (κ3) is 5.07. The van der Waals surface area contributed by atoms with E-state index in [2.05, 4.69) is 10.0 Å². The highest BCUT2D eigenvalue weighted by atomic mass is 35.5. The standard InChI is InChI=1S/C21H18ClFN2O5S/c1-29-19-12-18(25-31(27,28)14-8-9-16(23)15(22)10-14)20(30-2)11-17(19)24-21(26)13-6-4-3-5-7-13/h3-12,25H,1-2H3,(H,24,26). The molecule has 0 spiro atoms. The SMILES string of the molecule is COc1cc(NS(=O)(=O)c2ccc(F)c(Cl)c2)c(OC)cc1NC(=O)c1ccccc1. The first-order chi connectivity index (χ1) is 14.7. The molecule has 0 aliphatic carbocycles. The van der Waals surface area contributed by atoms with Crippen molar-refractivity contribution in [2.45, 2.75) is 4.90 Å². The predicted molar refractivity (Wildman–Crippen MR) is 116 cm³/mol. The van der Waals surface area contributed by atoms with Crippen molar-refractivity contribution < 1.29 is 27.1 Å². The Balaban J connectivity index is 1.94. The maximum absolute atomic E-state index is 13.4. The molecule has 0 aliphatic rings. The molecule has 0 aliphatic heterocycles. The van der Waals surface area contributed by atoms with Crippen LogP contribution >= 0.6 is 11.6 Å². The van der Waals surface area contributed by atoms with Crippen LogP contribution in [0, 0.1) is 5.82 Å². The summed E-state index contributed by atoms with van der Waals surface area (Å²) in [6, 6.07) is 14.4. The fourth-order valence-corrected chi connectivity index (χ4v) is 4.04. The lowest BCUT2D eigenvalue weighted by Crippen LogP contribution is -2.15. The van der Waals surface area contributed by atoms with Crippen molar-refractivity contribution in [2.75, 3.05) is 24.3 Å². The van der Waals surface area contributed by atoms with Crippen LogP contribution in [-0.2, 0) is 10.0 Å². The molecule has 0 radical (unpaired) electrons. The lowest BCUT2D eigenvalue weighted by Gasteiger charge is -2.17. The van der Waals surface area contributed by atoms with Gasteiger partial charge in [0.15, 0.2) is 0 Å². The minimum absolute atomic E-state index is 0.0532. The zero-order valence-corrected chi connectivity index (χ0v) is 18.1. The third-order valence-electron chi connectivity index (χ3n) is 4.25. The summed E-state index contributed by atoms with van der Waals surface area (Å²) in [4.78, 5) is 12.2. The van der Waals surface area contributed by atoms with Crippen LogP contribution in [0.25, 0.3) is 0 Å². The van der Waals surface area contributed by atoms with E-state index in [4.69, 9.17) is 21.1 Å². The summed E-state index contributed by atoms with van der Waals surface area (Å²) in [6.07, 6.45) is 0. The van der Waals surface area contributed by atoms with Crippen LogP contribution < -0.4 is 19.5 Å². The smallest absolute Gasteiger partial charge is 0.262 e. The van der Waals surface area contributed by atoms with E-state index in [1.165, 1.54) is 26.4 Å². The van der Waals surface area contributed by atoms with Crippen LogP contribution in [-0.4, -0.2) is 28.5 Å². The number of methoxy groups -OCH3 is 2. The molecule has 31 heavy (non-hydrogen) atoms. The van der Waals surface area contributed by atoms with E-state index in [9.17, 15) is 17.6 Å². The van der Waals surface area contributed by atoms with Crippen LogP contribution in [0.4, 0.5) is 15.8 Å².